The van der Waals surface area contributed by atoms with Gasteiger partial charge in [-0.1, -0.05) is 67.9 Å². The van der Waals surface area contributed by atoms with Crippen molar-refractivity contribution < 1.29 is 9.90 Å². The third-order valence-electron chi connectivity index (χ3n) is 5.48. The number of imidazole rings is 1. The summed E-state index contributed by atoms with van der Waals surface area (Å²) in [6, 6.07) is 24.8. The van der Waals surface area contributed by atoms with E-state index in [2.05, 4.69) is 24.4 Å². The fourth-order valence-electron chi connectivity index (χ4n) is 3.88. The van der Waals surface area contributed by atoms with Crippen molar-refractivity contribution in [3.8, 4) is 0 Å². The van der Waals surface area contributed by atoms with E-state index < -0.39 is 12.0 Å². The highest BCUT2D eigenvalue weighted by Crippen LogP contribution is 2.28. The van der Waals surface area contributed by atoms with E-state index >= 15 is 0 Å². The van der Waals surface area contributed by atoms with Gasteiger partial charge in [-0.3, -0.25) is 0 Å². The Morgan fingerprint density at radius 2 is 1.71 bits per heavy atom. The summed E-state index contributed by atoms with van der Waals surface area (Å²) >= 11 is 0. The van der Waals surface area contributed by atoms with Crippen LogP contribution in [0.3, 0.4) is 0 Å². The summed E-state index contributed by atoms with van der Waals surface area (Å²) in [4.78, 5) is 17.1. The summed E-state index contributed by atoms with van der Waals surface area (Å²) in [6.45, 7) is 2.85. The van der Waals surface area contributed by atoms with Gasteiger partial charge in [0.15, 0.2) is 6.04 Å². The minimum atomic E-state index is -0.883. The topological polar surface area (TPSA) is 67.2 Å². The van der Waals surface area contributed by atoms with E-state index in [4.69, 9.17) is 4.98 Å². The van der Waals surface area contributed by atoms with Crippen molar-refractivity contribution >= 4 is 22.7 Å². The molecule has 0 aliphatic heterocycles. The largest absolute Gasteiger partial charge is 0.479 e. The maximum atomic E-state index is 12.4. The molecule has 0 aliphatic carbocycles. The number of anilines is 1. The quantitative estimate of drug-likeness (QED) is 0.371. The SMILES string of the molecule is CCCCc1nc2ccccc2n1C(C(=O)O)c1ccc(NCc2ccccc2)cc1. The van der Waals surface area contributed by atoms with E-state index in [0.29, 0.717) is 0 Å². The number of para-hydroxylation sites is 2. The Morgan fingerprint density at radius 3 is 2.42 bits per heavy atom. The van der Waals surface area contributed by atoms with Gasteiger partial charge in [-0.2, -0.15) is 0 Å². The number of aromatic nitrogens is 2. The molecular formula is C26H27N3O2. The minimum Gasteiger partial charge on any atom is -0.479 e. The molecule has 2 N–H and O–H groups in total. The molecule has 5 heteroatoms. The summed E-state index contributed by atoms with van der Waals surface area (Å²) < 4.78 is 1.89. The first kappa shape index (κ1) is 20.7. The number of aliphatic carboxylic acids is 1. The molecule has 0 bridgehead atoms. The molecule has 4 aromatic rings. The van der Waals surface area contributed by atoms with Crippen molar-refractivity contribution in [3.63, 3.8) is 0 Å². The smallest absolute Gasteiger partial charge is 0.331 e. The Labute approximate surface area is 182 Å². The highest BCUT2D eigenvalue weighted by Gasteiger charge is 2.26. The molecule has 4 rings (SSSR count). The van der Waals surface area contributed by atoms with Crippen molar-refractivity contribution in [2.75, 3.05) is 5.32 Å². The fraction of sp³-hybridized carbons (Fsp3) is 0.231. The van der Waals surface area contributed by atoms with Crippen molar-refractivity contribution in [2.24, 2.45) is 0 Å². The lowest BCUT2D eigenvalue weighted by molar-refractivity contribution is -0.139. The van der Waals surface area contributed by atoms with E-state index in [-0.39, 0.29) is 0 Å². The number of nitrogens with one attached hydrogen (secondary N) is 1. The first-order chi connectivity index (χ1) is 15.2. The lowest BCUT2D eigenvalue weighted by Crippen LogP contribution is -2.22. The number of nitrogens with zero attached hydrogens (tertiary/aromatic N) is 2. The van der Waals surface area contributed by atoms with E-state index in [9.17, 15) is 9.90 Å². The maximum absolute atomic E-state index is 12.4. The van der Waals surface area contributed by atoms with Crippen LogP contribution in [0.25, 0.3) is 11.0 Å². The van der Waals surface area contributed by atoms with Crippen LogP contribution in [0.2, 0.25) is 0 Å². The Kier molecular flexibility index (Phi) is 6.32. The van der Waals surface area contributed by atoms with Crippen LogP contribution in [0, 0.1) is 0 Å². The van der Waals surface area contributed by atoms with Gasteiger partial charge in [0.1, 0.15) is 5.82 Å². The standard InChI is InChI=1S/C26H27N3O2/c1-2-3-13-24-28-22-11-7-8-12-23(22)29(24)25(26(30)31)20-14-16-21(17-15-20)27-18-19-9-5-4-6-10-19/h4-12,14-17,25,27H,2-3,13,18H2,1H3,(H,30,31). The summed E-state index contributed by atoms with van der Waals surface area (Å²) in [5.41, 5.74) is 4.57. The highest BCUT2D eigenvalue weighted by molar-refractivity contribution is 5.82. The number of benzene rings is 3. The predicted octanol–water partition coefficient (Wildman–Crippen LogP) is 5.67. The van der Waals surface area contributed by atoms with E-state index in [1.807, 2.05) is 71.3 Å². The van der Waals surface area contributed by atoms with Crippen LogP contribution >= 0.6 is 0 Å². The molecule has 0 radical (unpaired) electrons. The second kappa shape index (κ2) is 9.47. The van der Waals surface area contributed by atoms with Crippen molar-refractivity contribution in [1.82, 2.24) is 9.55 Å². The van der Waals surface area contributed by atoms with Gasteiger partial charge in [-0.15, -0.1) is 0 Å². The molecule has 158 valence electrons. The number of fused-ring (bicyclic) bond motifs is 1. The fourth-order valence-corrected chi connectivity index (χ4v) is 3.88. The lowest BCUT2D eigenvalue weighted by Gasteiger charge is -2.19. The van der Waals surface area contributed by atoms with Crippen LogP contribution in [0.15, 0.2) is 78.9 Å². The zero-order valence-corrected chi connectivity index (χ0v) is 17.7. The highest BCUT2D eigenvalue weighted by atomic mass is 16.4. The Balaban J connectivity index is 1.64. The van der Waals surface area contributed by atoms with Gasteiger partial charge in [-0.25, -0.2) is 9.78 Å². The summed E-state index contributed by atoms with van der Waals surface area (Å²) in [7, 11) is 0. The van der Waals surface area contributed by atoms with E-state index in [0.717, 1.165) is 53.9 Å². The average Bonchev–Trinajstić information content (AvgIpc) is 3.16. The van der Waals surface area contributed by atoms with Crippen LogP contribution in [-0.2, 0) is 17.8 Å². The molecule has 1 atom stereocenters. The van der Waals surface area contributed by atoms with Gasteiger partial charge in [0.05, 0.1) is 11.0 Å². The number of rotatable bonds is 9. The number of unbranched alkanes of at least 4 members (excludes halogenated alkanes) is 1. The number of carboxylic acids is 1. The molecule has 0 amide bonds. The molecule has 1 unspecified atom stereocenters. The molecule has 0 saturated heterocycles. The zero-order valence-electron chi connectivity index (χ0n) is 17.7. The first-order valence-corrected chi connectivity index (χ1v) is 10.7. The summed E-state index contributed by atoms with van der Waals surface area (Å²) in [6.07, 6.45) is 2.76. The second-order valence-electron chi connectivity index (χ2n) is 7.69. The third kappa shape index (κ3) is 4.61. The van der Waals surface area contributed by atoms with Gasteiger partial charge in [-0.05, 0) is 41.8 Å². The second-order valence-corrected chi connectivity index (χ2v) is 7.69. The molecule has 0 fully saturated rings. The lowest BCUT2D eigenvalue weighted by atomic mass is 10.1. The van der Waals surface area contributed by atoms with E-state index in [1.165, 1.54) is 5.56 Å². The van der Waals surface area contributed by atoms with Gasteiger partial charge >= 0.3 is 5.97 Å². The number of carbonyl (C=O) groups is 1. The number of hydrogen-bond acceptors (Lipinski definition) is 3. The molecule has 1 heterocycles. The molecule has 0 saturated carbocycles. The summed E-state index contributed by atoms with van der Waals surface area (Å²) in [5.74, 6) is -0.0624. The number of carboxylic acid groups (broad SMARTS) is 1. The normalized spacial score (nSPS) is 12.0. The van der Waals surface area contributed by atoms with Gasteiger partial charge in [0.25, 0.3) is 0 Å². The van der Waals surface area contributed by atoms with Gasteiger partial charge in [0, 0.05) is 18.7 Å². The van der Waals surface area contributed by atoms with E-state index in [1.54, 1.807) is 0 Å². The molecule has 5 nitrogen and oxygen atoms in total. The third-order valence-corrected chi connectivity index (χ3v) is 5.48. The minimum absolute atomic E-state index is 0.718. The molecule has 3 aromatic carbocycles. The predicted molar refractivity (Wildman–Crippen MR) is 124 cm³/mol. The molecular weight excluding hydrogens is 386 g/mol. The average molecular weight is 414 g/mol. The Bertz CT molecular complexity index is 1150. The Morgan fingerprint density at radius 1 is 1.00 bits per heavy atom. The van der Waals surface area contributed by atoms with Crippen molar-refractivity contribution in [3.05, 3.63) is 95.8 Å². The number of aryl methyl sites for hydroxylation is 1. The summed E-state index contributed by atoms with van der Waals surface area (Å²) in [5, 5.41) is 13.6. The molecule has 0 spiro atoms. The molecule has 31 heavy (non-hydrogen) atoms. The molecule has 1 aromatic heterocycles. The van der Waals surface area contributed by atoms with Gasteiger partial charge < -0.3 is 15.0 Å². The monoisotopic (exact) mass is 413 g/mol. The number of hydrogen-bond donors (Lipinski definition) is 2. The van der Waals surface area contributed by atoms with Crippen molar-refractivity contribution in [1.29, 1.82) is 0 Å². The van der Waals surface area contributed by atoms with Crippen LogP contribution in [0.4, 0.5) is 5.69 Å². The van der Waals surface area contributed by atoms with Crippen LogP contribution < -0.4 is 5.32 Å². The van der Waals surface area contributed by atoms with Gasteiger partial charge in [0.2, 0.25) is 0 Å². The van der Waals surface area contributed by atoms with Crippen LogP contribution in [0.1, 0.15) is 42.8 Å². The maximum Gasteiger partial charge on any atom is 0.331 e. The Hall–Kier alpha value is -3.60. The molecule has 0 aliphatic rings. The van der Waals surface area contributed by atoms with Crippen LogP contribution in [-0.4, -0.2) is 20.6 Å². The zero-order chi connectivity index (χ0) is 21.6. The first-order valence-electron chi connectivity index (χ1n) is 10.7. The van der Waals surface area contributed by atoms with Crippen LogP contribution in [0.5, 0.6) is 0 Å². The van der Waals surface area contributed by atoms with Crippen molar-refractivity contribution in [2.45, 2.75) is 38.8 Å².